The van der Waals surface area contributed by atoms with Crippen LogP contribution in [0.3, 0.4) is 0 Å². The van der Waals surface area contributed by atoms with Gasteiger partial charge in [0.2, 0.25) is 0 Å². The van der Waals surface area contributed by atoms with E-state index in [1.165, 1.54) is 0 Å². The first-order valence-electron chi connectivity index (χ1n) is 0. The second-order valence-electron chi connectivity index (χ2n) is 0. The van der Waals surface area contributed by atoms with Crippen molar-refractivity contribution in [1.82, 2.24) is 0 Å². The molecule has 0 bridgehead atoms. The molecule has 0 heterocycles. The molecule has 4 heavy (non-hydrogen) atoms. The maximum atomic E-state index is 0. The van der Waals surface area contributed by atoms with Crippen molar-refractivity contribution in [2.24, 2.45) is 0 Å². The van der Waals surface area contributed by atoms with Crippen LogP contribution < -0.4 is 0 Å². The molecule has 0 fully saturated rings. The third-order valence-electron chi connectivity index (χ3n) is 0. The van der Waals surface area contributed by atoms with Crippen molar-refractivity contribution in [3.63, 3.8) is 0 Å². The predicted octanol–water partition coefficient (Wildman–Crippen LogP) is -2.66. The first kappa shape index (κ1) is 25.4. The third-order valence-corrected chi connectivity index (χ3v) is 0. The molecule has 1 radical (unpaired) electrons. The number of hydrogen-bond donors (Lipinski definition) is 0. The van der Waals surface area contributed by atoms with E-state index in [0.29, 0.717) is 0 Å². The Hall–Kier alpha value is 3.64. The maximum absolute atomic E-state index is 0. The summed E-state index contributed by atoms with van der Waals surface area (Å²) in [4.78, 5) is 0. The topological polar surface area (TPSA) is 31.5 Å². The Balaban J connectivity index is 0. The van der Waals surface area contributed by atoms with Gasteiger partial charge in [-0.1, -0.05) is 0 Å². The molecule has 0 aromatic rings. The van der Waals surface area contributed by atoms with Crippen LogP contribution in [0.15, 0.2) is 0 Å². The van der Waals surface area contributed by atoms with Crippen LogP contribution in [0.25, 0.3) is 0 Å². The fourth-order valence-corrected chi connectivity index (χ4v) is 0. The number of rotatable bonds is 0. The Bertz CT molecular complexity index is 8.00. The van der Waals surface area contributed by atoms with Gasteiger partial charge in [0.15, 0.2) is 0 Å². The summed E-state index contributed by atoms with van der Waals surface area (Å²) in [5.74, 6) is 0. The van der Waals surface area contributed by atoms with Gasteiger partial charge in [-0.05, 0) is 0 Å². The fourth-order valence-electron chi connectivity index (χ4n) is 0. The van der Waals surface area contributed by atoms with Crippen molar-refractivity contribution in [2.75, 3.05) is 0 Å². The van der Waals surface area contributed by atoms with E-state index in [9.17, 15) is 0 Å². The molecule has 0 amide bonds. The average Bonchev–Trinajstić information content (AvgIpc) is 0. The number of hydrogen-bond acceptors (Lipinski definition) is 0. The Morgan fingerprint density at radius 2 is 1.00 bits per heavy atom. The van der Waals surface area contributed by atoms with Crippen LogP contribution in [0.1, 0.15) is 0 Å². The van der Waals surface area contributed by atoms with E-state index in [1.54, 1.807) is 0 Å². The molecule has 0 atom stereocenters. The first-order valence-corrected chi connectivity index (χ1v) is 0. The van der Waals surface area contributed by atoms with Crippen LogP contribution in [0.5, 0.6) is 0 Å². The van der Waals surface area contributed by atoms with Gasteiger partial charge >= 0.3 is 95.1 Å². The van der Waals surface area contributed by atoms with Gasteiger partial charge in [0.1, 0.15) is 0 Å². The molecule has 0 saturated heterocycles. The third kappa shape index (κ3) is 9.16. The van der Waals surface area contributed by atoms with Crippen LogP contribution in [-0.2, 0) is 22.4 Å². The van der Waals surface area contributed by atoms with Gasteiger partial charge in [-0.25, -0.2) is 0 Å². The summed E-state index contributed by atoms with van der Waals surface area (Å²) >= 11 is 0. The van der Waals surface area contributed by atoms with E-state index < -0.39 is 0 Å². The Morgan fingerprint density at radius 3 is 1.00 bits per heavy atom. The normalized spacial score (nSPS) is 0. The fraction of sp³-hybridized carbons (Fsp3) is 0. The Morgan fingerprint density at radius 1 is 1.00 bits per heavy atom. The van der Waals surface area contributed by atoms with Gasteiger partial charge in [0, 0.05) is 22.4 Å². The predicted molar refractivity (Wildman–Crippen MR) is 20.7 cm³/mol. The van der Waals surface area contributed by atoms with Crippen LogP contribution in [0, 0.1) is 0 Å². The average molecular weight is 472 g/mol. The first-order chi connectivity index (χ1) is 0. The van der Waals surface area contributed by atoms with Crippen LogP contribution in [0.2, 0.25) is 0 Å². The zero-order chi connectivity index (χ0) is 0. The van der Waals surface area contributed by atoms with E-state index in [0.717, 1.165) is 0 Å². The minimum absolute atomic E-state index is 0. The molecule has 0 aliphatic heterocycles. The van der Waals surface area contributed by atoms with E-state index in [4.69, 9.17) is 0 Å². The SMILES string of the molecule is O.[Ag].[BiH3].[CsH]. The van der Waals surface area contributed by atoms with Crippen molar-refractivity contribution in [3.8, 4) is 0 Å². The van der Waals surface area contributed by atoms with Crippen molar-refractivity contribution < 1.29 is 27.9 Å². The van der Waals surface area contributed by atoms with E-state index in [1.807, 2.05) is 0 Å². The molecule has 0 saturated carbocycles. The van der Waals surface area contributed by atoms with E-state index in [2.05, 4.69) is 0 Å². The Labute approximate surface area is 119 Å². The summed E-state index contributed by atoms with van der Waals surface area (Å²) in [7, 11) is 0. The van der Waals surface area contributed by atoms with Gasteiger partial charge in [-0.2, -0.15) is 0 Å². The van der Waals surface area contributed by atoms with E-state index in [-0.39, 0.29) is 123 Å². The van der Waals surface area contributed by atoms with Gasteiger partial charge in [-0.3, -0.25) is 0 Å². The standard InChI is InChI=1S/Ag.Bi.Cs.H2O.4H/h;;;1H2;;;;. The van der Waals surface area contributed by atoms with Gasteiger partial charge < -0.3 is 5.48 Å². The molecule has 2 N–H and O–H groups in total. The second kappa shape index (κ2) is 15.9. The van der Waals surface area contributed by atoms with Crippen LogP contribution >= 0.6 is 0 Å². The second-order valence-corrected chi connectivity index (χ2v) is 0. The van der Waals surface area contributed by atoms with Crippen LogP contribution in [0.4, 0.5) is 0 Å². The van der Waals surface area contributed by atoms with Gasteiger partial charge in [-0.15, -0.1) is 0 Å². The van der Waals surface area contributed by atoms with Crippen molar-refractivity contribution >= 4 is 95.1 Å². The van der Waals surface area contributed by atoms with Gasteiger partial charge in [0.05, 0.1) is 0 Å². The van der Waals surface area contributed by atoms with E-state index >= 15 is 0 Å². The zero-order valence-electron chi connectivity index (χ0n) is 1.51. The van der Waals surface area contributed by atoms with Crippen molar-refractivity contribution in [2.45, 2.75) is 0 Å². The van der Waals surface area contributed by atoms with Gasteiger partial charge in [0.25, 0.3) is 0 Å². The molecule has 4 heteroatoms. The molecular formula is H6AgBiCsO. The molecule has 0 unspecified atom stereocenters. The molecule has 0 aliphatic carbocycles. The molecule has 0 aromatic heterocycles. The minimum atomic E-state index is 0. The summed E-state index contributed by atoms with van der Waals surface area (Å²) < 4.78 is 0. The summed E-state index contributed by atoms with van der Waals surface area (Å²) in [6.07, 6.45) is 0. The van der Waals surface area contributed by atoms with Crippen molar-refractivity contribution in [1.29, 1.82) is 0 Å². The summed E-state index contributed by atoms with van der Waals surface area (Å²) in [5.41, 5.74) is 0. The quantitative estimate of drug-likeness (QED) is 0.346. The molecule has 0 rings (SSSR count). The summed E-state index contributed by atoms with van der Waals surface area (Å²) in [5, 5.41) is 0. The summed E-state index contributed by atoms with van der Waals surface area (Å²) in [6.45, 7) is 0. The molecule has 0 spiro atoms. The summed E-state index contributed by atoms with van der Waals surface area (Å²) in [6, 6.07) is 0. The zero-order valence-corrected chi connectivity index (χ0v) is 8.49. The molecule has 0 aromatic carbocycles. The molecule has 0 aliphatic rings. The van der Waals surface area contributed by atoms with Crippen molar-refractivity contribution in [3.05, 3.63) is 0 Å². The Kier molecular flexibility index (Phi) is 101. The monoisotopic (exact) mass is 471 g/mol. The molecule has 1 nitrogen and oxygen atoms in total. The molecule has 29 valence electrons. The van der Waals surface area contributed by atoms with Crippen LogP contribution in [-0.4, -0.2) is 101 Å². The molecular weight excluding hydrogens is 466 g/mol.